The zero-order chi connectivity index (χ0) is 6.85. The molecular formula is C7H10P2. The van der Waals surface area contributed by atoms with Crippen LogP contribution in [-0.4, -0.2) is 0 Å². The SMILES string of the molecule is Cc1cpc(P)cc1C. The first-order valence-electron chi connectivity index (χ1n) is 2.89. The Morgan fingerprint density at radius 1 is 1.33 bits per heavy atom. The molecule has 1 aromatic rings. The Bertz CT molecular complexity index is 218. The van der Waals surface area contributed by atoms with E-state index in [1.165, 1.54) is 24.4 Å². The first kappa shape index (κ1) is 7.19. The maximum atomic E-state index is 2.73. The molecule has 2 heteroatoms. The Labute approximate surface area is 60.0 Å². The van der Waals surface area contributed by atoms with E-state index in [0.29, 0.717) is 0 Å². The van der Waals surface area contributed by atoms with E-state index in [9.17, 15) is 0 Å². The molecule has 0 nitrogen and oxygen atoms in total. The standard InChI is InChI=1S/C7H10P2/c1-5-3-7(8)9-4-6(5)2/h3-4H,8H2,1-2H3. The Morgan fingerprint density at radius 3 is 2.44 bits per heavy atom. The van der Waals surface area contributed by atoms with E-state index >= 15 is 0 Å². The Morgan fingerprint density at radius 2 is 2.00 bits per heavy atom. The van der Waals surface area contributed by atoms with Gasteiger partial charge in [0.25, 0.3) is 0 Å². The lowest BCUT2D eigenvalue weighted by Crippen LogP contribution is -1.85. The highest BCUT2D eigenvalue weighted by molar-refractivity contribution is 7.51. The third-order valence-corrected chi connectivity index (χ3v) is 2.95. The smallest absolute Gasteiger partial charge is 0.00291 e. The van der Waals surface area contributed by atoms with Crippen molar-refractivity contribution in [2.24, 2.45) is 0 Å². The highest BCUT2D eigenvalue weighted by atomic mass is 31.1. The molecule has 0 fully saturated rings. The third-order valence-electron chi connectivity index (χ3n) is 1.39. The Kier molecular flexibility index (Phi) is 2.22. The molecule has 1 heterocycles. The van der Waals surface area contributed by atoms with Crippen LogP contribution in [0.25, 0.3) is 0 Å². The second-order valence-electron chi connectivity index (χ2n) is 2.19. The molecule has 0 aliphatic carbocycles. The fourth-order valence-electron chi connectivity index (χ4n) is 0.646. The topological polar surface area (TPSA) is 0 Å². The molecule has 0 amide bonds. The molecular weight excluding hydrogens is 146 g/mol. The number of hydrogen-bond acceptors (Lipinski definition) is 0. The Hall–Kier alpha value is 0.0800. The van der Waals surface area contributed by atoms with Crippen molar-refractivity contribution in [3.8, 4) is 0 Å². The van der Waals surface area contributed by atoms with Crippen LogP contribution < -0.4 is 5.04 Å². The second-order valence-corrected chi connectivity index (χ2v) is 4.33. The summed E-state index contributed by atoms with van der Waals surface area (Å²) in [6.07, 6.45) is 0. The molecule has 1 unspecified atom stereocenters. The highest BCUT2D eigenvalue weighted by Gasteiger charge is 1.89. The van der Waals surface area contributed by atoms with E-state index in [-0.39, 0.29) is 0 Å². The fourth-order valence-corrected chi connectivity index (χ4v) is 1.93. The lowest BCUT2D eigenvalue weighted by molar-refractivity contribution is 1.38. The summed E-state index contributed by atoms with van der Waals surface area (Å²) in [5, 5.41) is 1.36. The molecule has 0 aliphatic heterocycles. The molecule has 0 saturated heterocycles. The molecule has 0 aromatic carbocycles. The van der Waals surface area contributed by atoms with Gasteiger partial charge < -0.3 is 0 Å². The summed E-state index contributed by atoms with van der Waals surface area (Å²) < 4.78 is 0. The summed E-state index contributed by atoms with van der Waals surface area (Å²) in [5.41, 5.74) is 2.79. The Balaban J connectivity index is 3.17. The van der Waals surface area contributed by atoms with Crippen molar-refractivity contribution in [2.45, 2.75) is 13.8 Å². The van der Waals surface area contributed by atoms with Gasteiger partial charge in [0.15, 0.2) is 0 Å². The average Bonchev–Trinajstić information content (AvgIpc) is 1.80. The van der Waals surface area contributed by atoms with Gasteiger partial charge in [0.05, 0.1) is 0 Å². The molecule has 0 aliphatic rings. The lowest BCUT2D eigenvalue weighted by atomic mass is 10.2. The molecule has 0 bridgehead atoms. The van der Waals surface area contributed by atoms with Crippen molar-refractivity contribution in [3.63, 3.8) is 0 Å². The number of aryl methyl sites for hydroxylation is 2. The molecule has 1 aromatic heterocycles. The van der Waals surface area contributed by atoms with E-state index < -0.39 is 0 Å². The summed E-state index contributed by atoms with van der Waals surface area (Å²) in [7, 11) is 4.06. The van der Waals surface area contributed by atoms with Crippen molar-refractivity contribution in [2.75, 3.05) is 0 Å². The predicted octanol–water partition coefficient (Wildman–Crippen LogP) is 2.38. The summed E-state index contributed by atoms with van der Waals surface area (Å²) in [4.78, 5) is 0. The number of rotatable bonds is 0. The second kappa shape index (κ2) is 2.78. The van der Waals surface area contributed by atoms with E-state index in [4.69, 9.17) is 0 Å². The van der Waals surface area contributed by atoms with Crippen LogP contribution in [-0.2, 0) is 0 Å². The monoisotopic (exact) mass is 156 g/mol. The molecule has 1 atom stereocenters. The summed E-state index contributed by atoms with van der Waals surface area (Å²) in [6, 6.07) is 2.21. The molecule has 0 spiro atoms. The lowest BCUT2D eigenvalue weighted by Gasteiger charge is -1.97. The highest BCUT2D eigenvalue weighted by Crippen LogP contribution is 2.12. The van der Waals surface area contributed by atoms with Gasteiger partial charge in [0.2, 0.25) is 0 Å². The fraction of sp³-hybridized carbons (Fsp3) is 0.286. The third kappa shape index (κ3) is 1.75. The molecule has 9 heavy (non-hydrogen) atoms. The van der Waals surface area contributed by atoms with Crippen LogP contribution in [0.5, 0.6) is 0 Å². The van der Waals surface area contributed by atoms with Crippen LogP contribution in [0.3, 0.4) is 0 Å². The predicted molar refractivity (Wildman–Crippen MR) is 47.8 cm³/mol. The number of hydrogen-bond donors (Lipinski definition) is 0. The van der Waals surface area contributed by atoms with Gasteiger partial charge in [0, 0.05) is 0 Å². The van der Waals surface area contributed by atoms with Crippen LogP contribution >= 0.6 is 17.4 Å². The van der Waals surface area contributed by atoms with Crippen molar-refractivity contribution in [3.05, 3.63) is 23.0 Å². The van der Waals surface area contributed by atoms with Gasteiger partial charge in [-0.1, -0.05) is 8.19 Å². The normalized spacial score (nSPS) is 10.6. The van der Waals surface area contributed by atoms with Crippen LogP contribution in [0, 0.1) is 13.8 Å². The molecule has 48 valence electrons. The van der Waals surface area contributed by atoms with Gasteiger partial charge in [-0.15, -0.1) is 9.24 Å². The molecule has 0 radical (unpaired) electrons. The van der Waals surface area contributed by atoms with Crippen LogP contribution in [0.1, 0.15) is 11.1 Å². The van der Waals surface area contributed by atoms with Gasteiger partial charge in [-0.05, 0) is 41.9 Å². The summed E-state index contributed by atoms with van der Waals surface area (Å²) in [6.45, 7) is 4.29. The van der Waals surface area contributed by atoms with Crippen molar-refractivity contribution >= 4 is 22.5 Å². The molecule has 0 N–H and O–H groups in total. The van der Waals surface area contributed by atoms with Gasteiger partial charge in [-0.25, -0.2) is 0 Å². The molecule has 0 saturated carbocycles. The van der Waals surface area contributed by atoms with Gasteiger partial charge >= 0.3 is 0 Å². The minimum Gasteiger partial charge on any atom is -0.101 e. The van der Waals surface area contributed by atoms with Gasteiger partial charge in [-0.2, -0.15) is 0 Å². The van der Waals surface area contributed by atoms with Gasteiger partial charge in [-0.3, -0.25) is 0 Å². The minimum atomic E-state index is 1.33. The zero-order valence-electron chi connectivity index (χ0n) is 5.68. The van der Waals surface area contributed by atoms with Crippen LogP contribution in [0.15, 0.2) is 11.9 Å². The quantitative estimate of drug-likeness (QED) is 0.506. The first-order chi connectivity index (χ1) is 4.20. The van der Waals surface area contributed by atoms with E-state index in [2.05, 4.69) is 35.0 Å². The van der Waals surface area contributed by atoms with Crippen molar-refractivity contribution in [1.82, 2.24) is 0 Å². The molecule has 1 rings (SSSR count). The zero-order valence-corrected chi connectivity index (χ0v) is 7.73. The average molecular weight is 156 g/mol. The summed E-state index contributed by atoms with van der Waals surface area (Å²) in [5.74, 6) is 2.23. The van der Waals surface area contributed by atoms with Crippen LogP contribution in [0.2, 0.25) is 0 Å². The van der Waals surface area contributed by atoms with Crippen molar-refractivity contribution in [1.29, 1.82) is 0 Å². The largest absolute Gasteiger partial charge is 0.101 e. The summed E-state index contributed by atoms with van der Waals surface area (Å²) >= 11 is 0. The van der Waals surface area contributed by atoms with Gasteiger partial charge in [0.1, 0.15) is 0 Å². The van der Waals surface area contributed by atoms with E-state index in [1.54, 1.807) is 0 Å². The van der Waals surface area contributed by atoms with Crippen LogP contribution in [0.4, 0.5) is 0 Å². The first-order valence-corrected chi connectivity index (χ1v) is 4.43. The maximum absolute atomic E-state index is 2.73. The van der Waals surface area contributed by atoms with E-state index in [0.717, 1.165) is 0 Å². The minimum absolute atomic E-state index is 1.33. The van der Waals surface area contributed by atoms with E-state index in [1.807, 2.05) is 0 Å². The maximum Gasteiger partial charge on any atom is -0.00291 e. The van der Waals surface area contributed by atoms with Crippen molar-refractivity contribution < 1.29 is 0 Å².